The first kappa shape index (κ1) is 17.0. The number of benzene rings is 2. The lowest BCUT2D eigenvalue weighted by molar-refractivity contribution is 0.785. The zero-order valence-electron chi connectivity index (χ0n) is 15.5. The minimum atomic E-state index is 0.585. The predicted molar refractivity (Wildman–Crippen MR) is 109 cm³/mol. The van der Waals surface area contributed by atoms with Crippen LogP contribution in [0.4, 0.5) is 11.8 Å². The molecule has 0 radical (unpaired) electrons. The van der Waals surface area contributed by atoms with Gasteiger partial charge in [0.25, 0.3) is 0 Å². The molecule has 0 saturated heterocycles. The Morgan fingerprint density at radius 3 is 2.33 bits per heavy atom. The van der Waals surface area contributed by atoms with E-state index < -0.39 is 0 Å². The lowest BCUT2D eigenvalue weighted by Crippen LogP contribution is -2.08. The Kier molecular flexibility index (Phi) is 4.70. The molecule has 4 aromatic rings. The molecular formula is C21H22N6. The molecule has 0 aliphatic heterocycles. The predicted octanol–water partition coefficient (Wildman–Crippen LogP) is 3.90. The van der Waals surface area contributed by atoms with E-state index in [-0.39, 0.29) is 0 Å². The summed E-state index contributed by atoms with van der Waals surface area (Å²) in [7, 11) is 1.89. The molecule has 2 N–H and O–H groups in total. The Bertz CT molecular complexity index is 1040. The average molecular weight is 358 g/mol. The highest BCUT2D eigenvalue weighted by molar-refractivity contribution is 5.87. The fourth-order valence-corrected chi connectivity index (χ4v) is 2.90. The summed E-state index contributed by atoms with van der Waals surface area (Å²) < 4.78 is 1.77. The first-order valence-electron chi connectivity index (χ1n) is 8.96. The van der Waals surface area contributed by atoms with Crippen molar-refractivity contribution in [2.75, 3.05) is 10.6 Å². The van der Waals surface area contributed by atoms with Crippen molar-refractivity contribution < 1.29 is 0 Å². The third-order valence-corrected chi connectivity index (χ3v) is 4.47. The van der Waals surface area contributed by atoms with E-state index in [0.717, 1.165) is 16.9 Å². The van der Waals surface area contributed by atoms with E-state index in [4.69, 9.17) is 0 Å². The smallest absolute Gasteiger partial charge is 0.226 e. The van der Waals surface area contributed by atoms with Gasteiger partial charge in [-0.25, -0.2) is 0 Å². The van der Waals surface area contributed by atoms with Crippen molar-refractivity contribution in [3.63, 3.8) is 0 Å². The fourth-order valence-electron chi connectivity index (χ4n) is 2.90. The first-order valence-corrected chi connectivity index (χ1v) is 8.96. The van der Waals surface area contributed by atoms with E-state index in [0.29, 0.717) is 19.0 Å². The number of fused-ring (bicyclic) bond motifs is 1. The molecule has 6 heteroatoms. The molecule has 2 aromatic carbocycles. The van der Waals surface area contributed by atoms with E-state index in [1.807, 2.05) is 25.2 Å². The van der Waals surface area contributed by atoms with Gasteiger partial charge in [-0.3, -0.25) is 4.68 Å². The molecule has 2 aromatic heterocycles. The van der Waals surface area contributed by atoms with E-state index in [1.54, 1.807) is 10.9 Å². The summed E-state index contributed by atoms with van der Waals surface area (Å²) in [5.41, 5.74) is 4.43. The maximum absolute atomic E-state index is 4.68. The van der Waals surface area contributed by atoms with Crippen LogP contribution >= 0.6 is 0 Å². The van der Waals surface area contributed by atoms with Gasteiger partial charge in [-0.05, 0) is 18.1 Å². The number of nitrogens with zero attached hydrogens (tertiary/aromatic N) is 4. The molecule has 0 fully saturated rings. The molecular weight excluding hydrogens is 336 g/mol. The minimum absolute atomic E-state index is 0.585. The van der Waals surface area contributed by atoms with Crippen LogP contribution < -0.4 is 10.6 Å². The Balaban J connectivity index is 1.57. The zero-order chi connectivity index (χ0) is 18.6. The number of aromatic nitrogens is 4. The third kappa shape index (κ3) is 3.89. The molecule has 0 bridgehead atoms. The van der Waals surface area contributed by atoms with E-state index >= 15 is 0 Å². The largest absolute Gasteiger partial charge is 0.365 e. The van der Waals surface area contributed by atoms with Crippen LogP contribution in [0.3, 0.4) is 0 Å². The minimum Gasteiger partial charge on any atom is -0.365 e. The molecule has 0 aliphatic rings. The van der Waals surface area contributed by atoms with Crippen LogP contribution in [0.1, 0.15) is 16.7 Å². The van der Waals surface area contributed by atoms with Gasteiger partial charge in [0.1, 0.15) is 5.82 Å². The quantitative estimate of drug-likeness (QED) is 0.547. The third-order valence-electron chi connectivity index (χ3n) is 4.47. The van der Waals surface area contributed by atoms with Gasteiger partial charge < -0.3 is 10.6 Å². The van der Waals surface area contributed by atoms with Gasteiger partial charge in [0, 0.05) is 20.1 Å². The number of nitrogens with one attached hydrogen (secondary N) is 2. The van der Waals surface area contributed by atoms with Crippen LogP contribution in [0.5, 0.6) is 0 Å². The van der Waals surface area contributed by atoms with Crippen molar-refractivity contribution in [3.8, 4) is 0 Å². The summed E-state index contributed by atoms with van der Waals surface area (Å²) in [6, 6.07) is 18.7. The number of anilines is 2. The summed E-state index contributed by atoms with van der Waals surface area (Å²) in [5.74, 6) is 1.37. The Labute approximate surface area is 158 Å². The number of rotatable bonds is 6. The van der Waals surface area contributed by atoms with E-state index in [1.165, 1.54) is 16.7 Å². The van der Waals surface area contributed by atoms with Crippen LogP contribution in [-0.2, 0) is 20.1 Å². The van der Waals surface area contributed by atoms with Crippen molar-refractivity contribution in [2.45, 2.75) is 20.0 Å². The molecule has 136 valence electrons. The highest BCUT2D eigenvalue weighted by Gasteiger charge is 2.11. The Morgan fingerprint density at radius 2 is 1.56 bits per heavy atom. The first-order chi connectivity index (χ1) is 13.2. The number of hydrogen-bond donors (Lipinski definition) is 2. The van der Waals surface area contributed by atoms with Gasteiger partial charge >= 0.3 is 0 Å². The molecule has 0 unspecified atom stereocenters. The molecule has 4 rings (SSSR count). The standard InChI is InChI=1S/C21H22N6/c1-15-8-10-17(11-9-15)13-23-21-25-19(18-14-24-27(2)20(18)26-21)22-12-16-6-4-3-5-7-16/h3-11,14H,12-13H2,1-2H3,(H2,22,23,25,26). The summed E-state index contributed by atoms with van der Waals surface area (Å²) in [5, 5.41) is 12.0. The molecule has 6 nitrogen and oxygen atoms in total. The van der Waals surface area contributed by atoms with Crippen LogP contribution in [0.25, 0.3) is 11.0 Å². The van der Waals surface area contributed by atoms with Crippen molar-refractivity contribution >= 4 is 22.8 Å². The molecule has 0 spiro atoms. The zero-order valence-corrected chi connectivity index (χ0v) is 15.5. The second-order valence-electron chi connectivity index (χ2n) is 6.58. The number of aryl methyl sites for hydroxylation is 2. The second kappa shape index (κ2) is 7.45. The van der Waals surface area contributed by atoms with Crippen LogP contribution in [-0.4, -0.2) is 19.7 Å². The molecule has 2 heterocycles. The van der Waals surface area contributed by atoms with E-state index in [9.17, 15) is 0 Å². The molecule has 0 aliphatic carbocycles. The Hall–Kier alpha value is -3.41. The molecule has 0 saturated carbocycles. The highest BCUT2D eigenvalue weighted by Crippen LogP contribution is 2.22. The lowest BCUT2D eigenvalue weighted by atomic mass is 10.1. The maximum Gasteiger partial charge on any atom is 0.226 e. The monoisotopic (exact) mass is 358 g/mol. The molecule has 0 atom stereocenters. The van der Waals surface area contributed by atoms with Crippen LogP contribution in [0.15, 0.2) is 60.8 Å². The van der Waals surface area contributed by atoms with Crippen molar-refractivity contribution in [2.24, 2.45) is 7.05 Å². The van der Waals surface area contributed by atoms with Gasteiger partial charge in [-0.15, -0.1) is 0 Å². The van der Waals surface area contributed by atoms with Gasteiger partial charge in [0.15, 0.2) is 5.65 Å². The van der Waals surface area contributed by atoms with Gasteiger partial charge in [0.2, 0.25) is 5.95 Å². The normalized spacial score (nSPS) is 10.9. The molecule has 0 amide bonds. The maximum atomic E-state index is 4.68. The summed E-state index contributed by atoms with van der Waals surface area (Å²) in [6.45, 7) is 3.45. The van der Waals surface area contributed by atoms with Gasteiger partial charge in [-0.1, -0.05) is 60.2 Å². The summed E-state index contributed by atoms with van der Waals surface area (Å²) in [4.78, 5) is 9.30. The topological polar surface area (TPSA) is 67.7 Å². The SMILES string of the molecule is Cc1ccc(CNc2nc(NCc3ccccc3)c3cnn(C)c3n2)cc1. The number of hydrogen-bond acceptors (Lipinski definition) is 5. The van der Waals surface area contributed by atoms with Gasteiger partial charge in [0.05, 0.1) is 11.6 Å². The molecule has 27 heavy (non-hydrogen) atoms. The van der Waals surface area contributed by atoms with E-state index in [2.05, 4.69) is 69.0 Å². The van der Waals surface area contributed by atoms with Crippen molar-refractivity contribution in [1.82, 2.24) is 19.7 Å². The van der Waals surface area contributed by atoms with Crippen LogP contribution in [0.2, 0.25) is 0 Å². The summed E-state index contributed by atoms with van der Waals surface area (Å²) >= 11 is 0. The van der Waals surface area contributed by atoms with Gasteiger partial charge in [-0.2, -0.15) is 15.1 Å². The Morgan fingerprint density at radius 1 is 0.852 bits per heavy atom. The lowest BCUT2D eigenvalue weighted by Gasteiger charge is -2.11. The van der Waals surface area contributed by atoms with Crippen molar-refractivity contribution in [1.29, 1.82) is 0 Å². The van der Waals surface area contributed by atoms with Crippen LogP contribution in [0, 0.1) is 6.92 Å². The second-order valence-corrected chi connectivity index (χ2v) is 6.58. The average Bonchev–Trinajstić information content (AvgIpc) is 3.07. The summed E-state index contributed by atoms with van der Waals surface area (Å²) in [6.07, 6.45) is 1.80. The fraction of sp³-hybridized carbons (Fsp3) is 0.190. The highest BCUT2D eigenvalue weighted by atomic mass is 15.3. The van der Waals surface area contributed by atoms with Crippen molar-refractivity contribution in [3.05, 3.63) is 77.5 Å².